The van der Waals surface area contributed by atoms with E-state index in [0.717, 1.165) is 50.4 Å². The van der Waals surface area contributed by atoms with E-state index in [2.05, 4.69) is 46.8 Å². The number of hydrogen-bond donors (Lipinski definition) is 2. The van der Waals surface area contributed by atoms with Gasteiger partial charge in [0, 0.05) is 41.4 Å². The van der Waals surface area contributed by atoms with E-state index in [4.69, 9.17) is 0 Å². The molecule has 2 rings (SSSR count). The molecule has 0 saturated heterocycles. The summed E-state index contributed by atoms with van der Waals surface area (Å²) in [5.74, 6) is 1.60. The van der Waals surface area contributed by atoms with Crippen molar-refractivity contribution in [2.45, 2.75) is 63.8 Å². The maximum absolute atomic E-state index is 12.1. The molecule has 0 heterocycles. The summed E-state index contributed by atoms with van der Waals surface area (Å²) >= 11 is 0. The molecule has 2 N–H and O–H groups in total. The van der Waals surface area contributed by atoms with Gasteiger partial charge in [-0.15, -0.1) is 0 Å². The van der Waals surface area contributed by atoms with E-state index in [1.165, 1.54) is 11.1 Å². The molecule has 0 bridgehead atoms. The molecule has 1 aliphatic rings. The van der Waals surface area contributed by atoms with Crippen LogP contribution in [-0.4, -0.2) is 34.3 Å². The normalized spacial score (nSPS) is 22.9. The average molecular weight is 350 g/mol. The van der Waals surface area contributed by atoms with Crippen molar-refractivity contribution in [3.63, 3.8) is 0 Å². The van der Waals surface area contributed by atoms with E-state index >= 15 is 0 Å². The van der Waals surface area contributed by atoms with Crippen LogP contribution in [0.15, 0.2) is 29.3 Å². The number of nitrogens with zero attached hydrogens (tertiary/aromatic N) is 1. The second-order valence-corrected chi connectivity index (χ2v) is 8.35. The van der Waals surface area contributed by atoms with Crippen LogP contribution in [-0.2, 0) is 23.8 Å². The Kier molecular flexibility index (Phi) is 7.76. The molecule has 1 aliphatic carbocycles. The van der Waals surface area contributed by atoms with E-state index in [9.17, 15) is 4.21 Å². The summed E-state index contributed by atoms with van der Waals surface area (Å²) in [6.45, 7) is 4.97. The van der Waals surface area contributed by atoms with E-state index in [-0.39, 0.29) is 0 Å². The van der Waals surface area contributed by atoms with Crippen LogP contribution in [0, 0.1) is 0 Å². The summed E-state index contributed by atoms with van der Waals surface area (Å²) in [6.07, 6.45) is 5.38. The van der Waals surface area contributed by atoms with Crippen LogP contribution in [0.5, 0.6) is 0 Å². The molecule has 0 radical (unpaired) electrons. The summed E-state index contributed by atoms with van der Waals surface area (Å²) in [5, 5.41) is 7.29. The van der Waals surface area contributed by atoms with Crippen molar-refractivity contribution in [3.8, 4) is 0 Å². The average Bonchev–Trinajstić information content (AvgIpc) is 2.64. The Morgan fingerprint density at radius 3 is 2.67 bits per heavy atom. The molecule has 0 aromatic heterocycles. The van der Waals surface area contributed by atoms with Gasteiger partial charge in [0.2, 0.25) is 0 Å². The largest absolute Gasteiger partial charge is 0.354 e. The van der Waals surface area contributed by atoms with Gasteiger partial charge in [0.1, 0.15) is 0 Å². The maximum Gasteiger partial charge on any atom is 0.191 e. The summed E-state index contributed by atoms with van der Waals surface area (Å²) in [4.78, 5) is 4.36. The second-order valence-electron chi connectivity index (χ2n) is 6.35. The zero-order valence-corrected chi connectivity index (χ0v) is 16.0. The van der Waals surface area contributed by atoms with Crippen molar-refractivity contribution < 1.29 is 4.21 Å². The van der Waals surface area contributed by atoms with Gasteiger partial charge in [0.25, 0.3) is 0 Å². The molecule has 3 atom stereocenters. The molecule has 5 heteroatoms. The van der Waals surface area contributed by atoms with Gasteiger partial charge in [-0.05, 0) is 36.8 Å². The summed E-state index contributed by atoms with van der Waals surface area (Å²) < 4.78 is 12.1. The topological polar surface area (TPSA) is 53.5 Å². The fraction of sp³-hybridized carbons (Fsp3) is 0.632. The Bertz CT molecular complexity index is 573. The first-order valence-electron chi connectivity index (χ1n) is 9.09. The van der Waals surface area contributed by atoms with Crippen LogP contribution < -0.4 is 10.6 Å². The molecule has 1 aromatic carbocycles. The first kappa shape index (κ1) is 19.0. The fourth-order valence-electron chi connectivity index (χ4n) is 3.39. The standard InChI is InChI=1S/C19H31N3OS/c1-4-15-9-6-7-10-16(15)14-21-19(20-3)22-17-11-8-12-18(13-17)24(23)5-2/h6-7,9-10,17-18H,4-5,8,11-14H2,1-3H3,(H2,20,21,22). The van der Waals surface area contributed by atoms with Gasteiger partial charge in [-0.2, -0.15) is 0 Å². The quantitative estimate of drug-likeness (QED) is 0.613. The Morgan fingerprint density at radius 1 is 1.25 bits per heavy atom. The Morgan fingerprint density at radius 2 is 2.00 bits per heavy atom. The zero-order chi connectivity index (χ0) is 17.4. The molecule has 0 amide bonds. The summed E-state index contributed by atoms with van der Waals surface area (Å²) in [5.41, 5.74) is 2.69. The molecule has 1 saturated carbocycles. The number of aliphatic imine (C=N–C) groups is 1. The van der Waals surface area contributed by atoms with Gasteiger partial charge in [-0.25, -0.2) is 0 Å². The van der Waals surface area contributed by atoms with Gasteiger partial charge in [-0.3, -0.25) is 9.20 Å². The minimum absolute atomic E-state index is 0.333. The second kappa shape index (κ2) is 9.82. The highest BCUT2D eigenvalue weighted by atomic mass is 32.2. The van der Waals surface area contributed by atoms with E-state index in [1.54, 1.807) is 0 Å². The number of guanidine groups is 1. The van der Waals surface area contributed by atoms with Crippen molar-refractivity contribution in [1.29, 1.82) is 0 Å². The van der Waals surface area contributed by atoms with Gasteiger partial charge < -0.3 is 10.6 Å². The van der Waals surface area contributed by atoms with E-state index in [0.29, 0.717) is 11.3 Å². The maximum atomic E-state index is 12.1. The predicted octanol–water partition coefficient (Wildman–Crippen LogP) is 2.99. The molecule has 4 nitrogen and oxygen atoms in total. The highest BCUT2D eigenvalue weighted by Crippen LogP contribution is 2.23. The molecule has 134 valence electrons. The van der Waals surface area contributed by atoms with Crippen molar-refractivity contribution in [3.05, 3.63) is 35.4 Å². The molecule has 1 fully saturated rings. The number of benzene rings is 1. The SMILES string of the molecule is CCc1ccccc1CNC(=NC)NC1CCCC(S(=O)CC)C1. The number of rotatable bonds is 6. The molecule has 0 aliphatic heterocycles. The van der Waals surface area contributed by atoms with E-state index in [1.807, 2.05) is 14.0 Å². The first-order valence-corrected chi connectivity index (χ1v) is 10.5. The highest BCUT2D eigenvalue weighted by molar-refractivity contribution is 7.85. The van der Waals surface area contributed by atoms with Gasteiger partial charge in [-0.1, -0.05) is 44.5 Å². The van der Waals surface area contributed by atoms with Crippen molar-refractivity contribution >= 4 is 16.8 Å². The van der Waals surface area contributed by atoms with Crippen LogP contribution >= 0.6 is 0 Å². The third-order valence-corrected chi connectivity index (χ3v) is 6.53. The summed E-state index contributed by atoms with van der Waals surface area (Å²) in [7, 11) is 1.12. The van der Waals surface area contributed by atoms with Crippen molar-refractivity contribution in [2.75, 3.05) is 12.8 Å². The van der Waals surface area contributed by atoms with Crippen LogP contribution in [0.3, 0.4) is 0 Å². The number of hydrogen-bond acceptors (Lipinski definition) is 2. The van der Waals surface area contributed by atoms with Crippen molar-refractivity contribution in [1.82, 2.24) is 10.6 Å². The lowest BCUT2D eigenvalue weighted by atomic mass is 9.95. The third-order valence-electron chi connectivity index (χ3n) is 4.79. The minimum atomic E-state index is -0.689. The molecular weight excluding hydrogens is 318 g/mol. The van der Waals surface area contributed by atoms with Crippen LogP contribution in [0.1, 0.15) is 50.7 Å². The molecule has 24 heavy (non-hydrogen) atoms. The van der Waals surface area contributed by atoms with Crippen LogP contribution in [0.25, 0.3) is 0 Å². The molecule has 1 aromatic rings. The van der Waals surface area contributed by atoms with E-state index < -0.39 is 10.8 Å². The number of aryl methyl sites for hydroxylation is 1. The minimum Gasteiger partial charge on any atom is -0.354 e. The van der Waals surface area contributed by atoms with Crippen molar-refractivity contribution in [2.24, 2.45) is 4.99 Å². The Hall–Kier alpha value is -1.36. The smallest absolute Gasteiger partial charge is 0.191 e. The van der Waals surface area contributed by atoms with Crippen LogP contribution in [0.2, 0.25) is 0 Å². The predicted molar refractivity (Wildman–Crippen MR) is 104 cm³/mol. The Balaban J connectivity index is 1.89. The molecular formula is C19H31N3OS. The highest BCUT2D eigenvalue weighted by Gasteiger charge is 2.25. The fourth-order valence-corrected chi connectivity index (χ4v) is 4.74. The van der Waals surface area contributed by atoms with Gasteiger partial charge in [0.15, 0.2) is 5.96 Å². The molecule has 0 spiro atoms. The first-order chi connectivity index (χ1) is 11.7. The summed E-state index contributed by atoms with van der Waals surface area (Å²) in [6, 6.07) is 8.88. The lowest BCUT2D eigenvalue weighted by molar-refractivity contribution is 0.413. The molecule has 3 unspecified atom stereocenters. The van der Waals surface area contributed by atoms with Gasteiger partial charge >= 0.3 is 0 Å². The monoisotopic (exact) mass is 349 g/mol. The van der Waals surface area contributed by atoms with Gasteiger partial charge in [0.05, 0.1) is 0 Å². The zero-order valence-electron chi connectivity index (χ0n) is 15.2. The lowest BCUT2D eigenvalue weighted by Crippen LogP contribution is -2.46. The lowest BCUT2D eigenvalue weighted by Gasteiger charge is -2.30. The number of nitrogens with one attached hydrogen (secondary N) is 2. The van der Waals surface area contributed by atoms with Crippen LogP contribution in [0.4, 0.5) is 0 Å². The third kappa shape index (κ3) is 5.33. The Labute approximate surface area is 149 Å².